The maximum Gasteiger partial charge on any atom is 0.154 e. The molecule has 124 valence electrons. The summed E-state index contributed by atoms with van der Waals surface area (Å²) in [4.78, 5) is 6.68. The van der Waals surface area contributed by atoms with E-state index in [1.54, 1.807) is 13.3 Å². The maximum absolute atomic E-state index is 9.94. The lowest BCUT2D eigenvalue weighted by Gasteiger charge is -2.31. The van der Waals surface area contributed by atoms with Gasteiger partial charge in [-0.2, -0.15) is 5.10 Å². The van der Waals surface area contributed by atoms with Crippen LogP contribution in [0.25, 0.3) is 16.8 Å². The van der Waals surface area contributed by atoms with E-state index in [0.29, 0.717) is 6.54 Å². The Hall–Kier alpha value is -2.60. The standard InChI is InChI=1S/C18H20N4O2/c1-24-15-6-4-13(5-7-15)16-11-17-18(19-8-10-22(17)20-16)21-9-2-3-14(23)12-21/h4-8,10-11,14,23H,2-3,9,12H2,1H3. The van der Waals surface area contributed by atoms with Crippen LogP contribution in [0.3, 0.4) is 0 Å². The maximum atomic E-state index is 9.94. The van der Waals surface area contributed by atoms with Crippen LogP contribution in [0, 0.1) is 0 Å². The zero-order valence-electron chi connectivity index (χ0n) is 13.6. The van der Waals surface area contributed by atoms with Crippen LogP contribution in [0.5, 0.6) is 5.75 Å². The molecule has 1 atom stereocenters. The number of piperidine rings is 1. The number of hydrogen-bond acceptors (Lipinski definition) is 5. The van der Waals surface area contributed by atoms with Gasteiger partial charge in [0.2, 0.25) is 0 Å². The van der Waals surface area contributed by atoms with Crippen LogP contribution in [-0.4, -0.2) is 46.0 Å². The summed E-state index contributed by atoms with van der Waals surface area (Å²) >= 11 is 0. The minimum Gasteiger partial charge on any atom is -0.497 e. The summed E-state index contributed by atoms with van der Waals surface area (Å²) < 4.78 is 7.06. The Kier molecular flexibility index (Phi) is 3.82. The quantitative estimate of drug-likeness (QED) is 0.801. The smallest absolute Gasteiger partial charge is 0.154 e. The number of aliphatic hydroxyl groups excluding tert-OH is 1. The van der Waals surface area contributed by atoms with Crippen molar-refractivity contribution in [2.45, 2.75) is 18.9 Å². The van der Waals surface area contributed by atoms with E-state index in [2.05, 4.69) is 15.0 Å². The van der Waals surface area contributed by atoms with Crippen LogP contribution in [-0.2, 0) is 0 Å². The van der Waals surface area contributed by atoms with Gasteiger partial charge in [0.15, 0.2) is 5.82 Å². The lowest BCUT2D eigenvalue weighted by Crippen LogP contribution is -2.38. The molecule has 1 saturated heterocycles. The van der Waals surface area contributed by atoms with E-state index in [0.717, 1.165) is 47.7 Å². The fourth-order valence-electron chi connectivity index (χ4n) is 3.20. The average Bonchev–Trinajstić information content (AvgIpc) is 3.06. The third kappa shape index (κ3) is 2.69. The van der Waals surface area contributed by atoms with Crippen molar-refractivity contribution in [1.29, 1.82) is 0 Å². The van der Waals surface area contributed by atoms with E-state index in [1.165, 1.54) is 0 Å². The molecule has 1 aromatic carbocycles. The van der Waals surface area contributed by atoms with Crippen molar-refractivity contribution in [3.63, 3.8) is 0 Å². The highest BCUT2D eigenvalue weighted by Crippen LogP contribution is 2.27. The fraction of sp³-hybridized carbons (Fsp3) is 0.333. The van der Waals surface area contributed by atoms with Crippen LogP contribution in [0.1, 0.15) is 12.8 Å². The van der Waals surface area contributed by atoms with Crippen molar-refractivity contribution in [3.05, 3.63) is 42.7 Å². The van der Waals surface area contributed by atoms with Crippen LogP contribution in [0.15, 0.2) is 42.7 Å². The van der Waals surface area contributed by atoms with E-state index >= 15 is 0 Å². The largest absolute Gasteiger partial charge is 0.497 e. The highest BCUT2D eigenvalue weighted by Gasteiger charge is 2.21. The molecule has 1 aliphatic rings. The minimum absolute atomic E-state index is 0.287. The molecule has 2 aromatic heterocycles. The summed E-state index contributed by atoms with van der Waals surface area (Å²) in [6.45, 7) is 1.53. The number of ether oxygens (including phenoxy) is 1. The van der Waals surface area contributed by atoms with E-state index in [4.69, 9.17) is 4.74 Å². The number of nitrogens with zero attached hydrogens (tertiary/aromatic N) is 4. The van der Waals surface area contributed by atoms with E-state index in [9.17, 15) is 5.11 Å². The van der Waals surface area contributed by atoms with Gasteiger partial charge in [-0.25, -0.2) is 9.50 Å². The number of aromatic nitrogens is 3. The van der Waals surface area contributed by atoms with Gasteiger partial charge in [-0.1, -0.05) is 0 Å². The summed E-state index contributed by atoms with van der Waals surface area (Å²) in [6, 6.07) is 9.90. The zero-order valence-corrected chi connectivity index (χ0v) is 13.6. The molecule has 1 N–H and O–H groups in total. The Morgan fingerprint density at radius 3 is 2.83 bits per heavy atom. The van der Waals surface area contributed by atoms with Crippen molar-refractivity contribution in [1.82, 2.24) is 14.6 Å². The molecular formula is C18H20N4O2. The highest BCUT2D eigenvalue weighted by atomic mass is 16.5. The molecule has 3 aromatic rings. The molecule has 3 heterocycles. The minimum atomic E-state index is -0.287. The van der Waals surface area contributed by atoms with Crippen LogP contribution >= 0.6 is 0 Å². The molecule has 0 radical (unpaired) electrons. The first-order valence-electron chi connectivity index (χ1n) is 8.16. The van der Waals surface area contributed by atoms with Crippen molar-refractivity contribution in [2.24, 2.45) is 0 Å². The van der Waals surface area contributed by atoms with Gasteiger partial charge in [0.1, 0.15) is 11.3 Å². The number of hydrogen-bond donors (Lipinski definition) is 1. The van der Waals surface area contributed by atoms with Crippen molar-refractivity contribution >= 4 is 11.3 Å². The SMILES string of the molecule is COc1ccc(-c2cc3c(N4CCCC(O)C4)nccn3n2)cc1. The number of benzene rings is 1. The normalized spacial score (nSPS) is 18.1. The summed E-state index contributed by atoms with van der Waals surface area (Å²) in [5.41, 5.74) is 2.88. The highest BCUT2D eigenvalue weighted by molar-refractivity contribution is 5.75. The number of aliphatic hydroxyl groups is 1. The van der Waals surface area contributed by atoms with Crippen molar-refractivity contribution in [3.8, 4) is 17.0 Å². The summed E-state index contributed by atoms with van der Waals surface area (Å²) in [6.07, 6.45) is 5.16. The number of rotatable bonds is 3. The Labute approximate surface area is 140 Å². The predicted octanol–water partition coefficient (Wildman–Crippen LogP) is 2.37. The molecule has 1 unspecified atom stereocenters. The first kappa shape index (κ1) is 15.0. The van der Waals surface area contributed by atoms with Gasteiger partial charge in [-0.3, -0.25) is 0 Å². The molecule has 24 heavy (non-hydrogen) atoms. The molecule has 1 fully saturated rings. The van der Waals surface area contributed by atoms with Gasteiger partial charge < -0.3 is 14.7 Å². The average molecular weight is 324 g/mol. The Balaban J connectivity index is 1.73. The van der Waals surface area contributed by atoms with Crippen LogP contribution in [0.4, 0.5) is 5.82 Å². The fourth-order valence-corrected chi connectivity index (χ4v) is 3.20. The number of fused-ring (bicyclic) bond motifs is 1. The summed E-state index contributed by atoms with van der Waals surface area (Å²) in [5, 5.41) is 14.6. The molecule has 4 rings (SSSR count). The molecule has 0 spiro atoms. The molecular weight excluding hydrogens is 304 g/mol. The third-order valence-corrected chi connectivity index (χ3v) is 4.45. The first-order valence-corrected chi connectivity index (χ1v) is 8.16. The Bertz CT molecular complexity index is 844. The van der Waals surface area contributed by atoms with Gasteiger partial charge in [-0.15, -0.1) is 0 Å². The molecule has 6 nitrogen and oxygen atoms in total. The molecule has 0 amide bonds. The molecule has 0 saturated carbocycles. The second kappa shape index (κ2) is 6.13. The Morgan fingerprint density at radius 1 is 1.25 bits per heavy atom. The first-order chi connectivity index (χ1) is 11.7. The monoisotopic (exact) mass is 324 g/mol. The number of methoxy groups -OCH3 is 1. The van der Waals surface area contributed by atoms with Crippen LogP contribution < -0.4 is 9.64 Å². The second-order valence-corrected chi connectivity index (χ2v) is 6.08. The van der Waals surface area contributed by atoms with Crippen molar-refractivity contribution in [2.75, 3.05) is 25.1 Å². The van der Waals surface area contributed by atoms with Gasteiger partial charge >= 0.3 is 0 Å². The van der Waals surface area contributed by atoms with E-state index in [-0.39, 0.29) is 6.10 Å². The van der Waals surface area contributed by atoms with Gasteiger partial charge in [-0.05, 0) is 43.2 Å². The predicted molar refractivity (Wildman–Crippen MR) is 92.4 cm³/mol. The Morgan fingerprint density at radius 2 is 2.08 bits per heavy atom. The number of β-amino-alcohol motifs (C(OH)–C–C–N with tert-alkyl or cyclic N) is 1. The van der Waals surface area contributed by atoms with Gasteiger partial charge in [0.05, 0.1) is 18.9 Å². The zero-order chi connectivity index (χ0) is 16.5. The van der Waals surface area contributed by atoms with Gasteiger partial charge in [0.25, 0.3) is 0 Å². The molecule has 1 aliphatic heterocycles. The third-order valence-electron chi connectivity index (χ3n) is 4.45. The molecule has 6 heteroatoms. The lowest BCUT2D eigenvalue weighted by atomic mass is 10.1. The molecule has 0 bridgehead atoms. The summed E-state index contributed by atoms with van der Waals surface area (Å²) in [7, 11) is 1.66. The van der Waals surface area contributed by atoms with Crippen molar-refractivity contribution < 1.29 is 9.84 Å². The number of anilines is 1. The topological polar surface area (TPSA) is 62.9 Å². The second-order valence-electron chi connectivity index (χ2n) is 6.08. The molecule has 0 aliphatic carbocycles. The van der Waals surface area contributed by atoms with E-state index < -0.39 is 0 Å². The summed E-state index contributed by atoms with van der Waals surface area (Å²) in [5.74, 6) is 1.70. The van der Waals surface area contributed by atoms with E-state index in [1.807, 2.05) is 41.0 Å². The lowest BCUT2D eigenvalue weighted by molar-refractivity contribution is 0.154. The van der Waals surface area contributed by atoms with Gasteiger partial charge in [0, 0.05) is 31.0 Å². The van der Waals surface area contributed by atoms with Crippen LogP contribution in [0.2, 0.25) is 0 Å².